The molecule has 1 spiro atoms. The van der Waals surface area contributed by atoms with E-state index in [2.05, 4.69) is 20.8 Å². The lowest BCUT2D eigenvalue weighted by molar-refractivity contribution is -0.345. The van der Waals surface area contributed by atoms with E-state index < -0.39 is 46.3 Å². The second-order valence-corrected chi connectivity index (χ2v) is 20.2. The summed E-state index contributed by atoms with van der Waals surface area (Å²) >= 11 is 36.0. The first-order chi connectivity index (χ1) is 29.6. The number of ether oxygens (including phenoxy) is 6. The van der Waals surface area contributed by atoms with Gasteiger partial charge in [-0.05, 0) is 62.3 Å². The van der Waals surface area contributed by atoms with Crippen molar-refractivity contribution >= 4 is 93.5 Å². The average Bonchev–Trinajstić information content (AvgIpc) is 3.55. The largest absolute Gasteiger partial charge is 0.389 e. The molecule has 4 aliphatic rings. The molecule has 10 nitrogen and oxygen atoms in total. The summed E-state index contributed by atoms with van der Waals surface area (Å²) in [5, 5.41) is 0.538. The number of fused-ring (bicyclic) bond motifs is 3. The van der Waals surface area contributed by atoms with E-state index in [-0.39, 0.29) is 78.5 Å². The third kappa shape index (κ3) is 8.66. The summed E-state index contributed by atoms with van der Waals surface area (Å²) in [5.41, 5.74) is -1.07. The molecule has 0 N–H and O–H groups in total. The summed E-state index contributed by atoms with van der Waals surface area (Å²) in [5.74, 6) is -4.84. The number of hydrogen-bond donors (Lipinski definition) is 0. The highest BCUT2D eigenvalue weighted by molar-refractivity contribution is 6.43. The van der Waals surface area contributed by atoms with Gasteiger partial charge in [0.15, 0.2) is 5.79 Å². The van der Waals surface area contributed by atoms with Gasteiger partial charge in [-0.3, -0.25) is 9.59 Å². The third-order valence-electron chi connectivity index (χ3n) is 13.3. The Bertz CT molecular complexity index is 2340. The monoisotopic (exact) mass is 978 g/mol. The summed E-state index contributed by atoms with van der Waals surface area (Å²) in [6, 6.07) is 24.3. The van der Waals surface area contributed by atoms with Crippen LogP contribution in [-0.4, -0.2) is 56.1 Å². The summed E-state index contributed by atoms with van der Waals surface area (Å²) in [4.78, 5) is 51.0. The first-order valence-electron chi connectivity index (χ1n) is 20.1. The van der Waals surface area contributed by atoms with E-state index in [4.69, 9.17) is 98.0 Å². The fourth-order valence-electron chi connectivity index (χ4n) is 8.90. The van der Waals surface area contributed by atoms with Crippen molar-refractivity contribution in [1.82, 2.24) is 0 Å². The molecular weight excluding hydrogens is 937 g/mol. The molecule has 16 heteroatoms. The second kappa shape index (κ2) is 17.9. The van der Waals surface area contributed by atoms with Gasteiger partial charge in [0.25, 0.3) is 0 Å². The fraction of sp³-hybridized carbons (Fsp3) is 0.404. The van der Waals surface area contributed by atoms with E-state index in [0.29, 0.717) is 5.92 Å². The zero-order valence-electron chi connectivity index (χ0n) is 35.0. The minimum atomic E-state index is -1.24. The zero-order valence-corrected chi connectivity index (χ0v) is 39.5. The molecule has 8 rings (SSSR count). The van der Waals surface area contributed by atoms with E-state index in [1.165, 1.54) is 24.3 Å². The summed E-state index contributed by atoms with van der Waals surface area (Å²) in [6.07, 6.45) is 3.00. The number of esters is 4. The van der Waals surface area contributed by atoms with Crippen molar-refractivity contribution in [1.29, 1.82) is 0 Å². The highest BCUT2D eigenvalue weighted by Crippen LogP contribution is 2.71. The highest BCUT2D eigenvalue weighted by Gasteiger charge is 2.72. The van der Waals surface area contributed by atoms with Crippen LogP contribution >= 0.6 is 69.6 Å². The smallest absolute Gasteiger partial charge is 0.348 e. The molecule has 0 aromatic heterocycles. The SMILES string of the molecule is CC1(C(=O)OC(=O)c2c(Cl)cc(Cl)cc2Cl)COC(c2ccccc2)(c2ccccc2)OC1.CC1(C(=O)OC(=O)c2c(Cl)cc(Cl)cc2Cl)COC2(CC3CCC2(C)C3(C)C)OC1. The second-order valence-electron chi connectivity index (χ2n) is 17.7. The molecule has 4 aromatic carbocycles. The number of halogens is 6. The maximum Gasteiger partial charge on any atom is 0.348 e. The van der Waals surface area contributed by atoms with Crippen LogP contribution in [0.5, 0.6) is 0 Å². The van der Waals surface area contributed by atoms with Crippen molar-refractivity contribution in [2.75, 3.05) is 26.4 Å². The Kier molecular flexibility index (Phi) is 13.5. The first-order valence-corrected chi connectivity index (χ1v) is 22.4. The zero-order chi connectivity index (χ0) is 45.8. The van der Waals surface area contributed by atoms with E-state index in [1.54, 1.807) is 13.8 Å². The maximum atomic E-state index is 13.0. The van der Waals surface area contributed by atoms with Gasteiger partial charge in [0.2, 0.25) is 5.79 Å². The van der Waals surface area contributed by atoms with Crippen LogP contribution in [0.4, 0.5) is 0 Å². The van der Waals surface area contributed by atoms with Crippen LogP contribution in [0.3, 0.4) is 0 Å². The normalized spacial score (nSPS) is 26.3. The Morgan fingerprint density at radius 1 is 0.556 bits per heavy atom. The number of carbonyl (C=O) groups is 4. The van der Waals surface area contributed by atoms with E-state index >= 15 is 0 Å². The van der Waals surface area contributed by atoms with Crippen molar-refractivity contribution in [2.24, 2.45) is 27.6 Å². The Balaban J connectivity index is 0.000000190. The molecule has 2 aliphatic carbocycles. The van der Waals surface area contributed by atoms with Gasteiger partial charge in [-0.1, -0.05) is 151 Å². The fourth-order valence-corrected chi connectivity index (χ4v) is 10.8. The van der Waals surface area contributed by atoms with Gasteiger partial charge in [-0.25, -0.2) is 9.59 Å². The van der Waals surface area contributed by atoms with Crippen molar-refractivity contribution in [3.63, 3.8) is 0 Å². The quantitative estimate of drug-likeness (QED) is 0.136. The van der Waals surface area contributed by atoms with Gasteiger partial charge in [0.1, 0.15) is 10.8 Å². The third-order valence-corrected chi connectivity index (χ3v) is 14.9. The Hall–Kier alpha value is -3.26. The number of carbonyl (C=O) groups excluding carboxylic acids is 4. The summed E-state index contributed by atoms with van der Waals surface area (Å²) in [6.45, 7) is 10.2. The Labute approximate surface area is 395 Å². The highest BCUT2D eigenvalue weighted by atomic mass is 35.5. The van der Waals surface area contributed by atoms with Crippen LogP contribution < -0.4 is 0 Å². The molecule has 4 aromatic rings. The van der Waals surface area contributed by atoms with Gasteiger partial charge >= 0.3 is 23.9 Å². The minimum absolute atomic E-state index is 0.0150. The Morgan fingerprint density at radius 2 is 0.921 bits per heavy atom. The van der Waals surface area contributed by atoms with Crippen LogP contribution in [0, 0.1) is 27.6 Å². The molecule has 2 heterocycles. The van der Waals surface area contributed by atoms with Crippen LogP contribution in [0.2, 0.25) is 30.1 Å². The molecule has 2 aliphatic heterocycles. The molecule has 2 saturated heterocycles. The lowest BCUT2D eigenvalue weighted by Gasteiger charge is -2.52. The van der Waals surface area contributed by atoms with Crippen LogP contribution in [0.15, 0.2) is 84.9 Å². The molecule has 0 amide bonds. The molecule has 2 unspecified atom stereocenters. The lowest BCUT2D eigenvalue weighted by Crippen LogP contribution is -2.59. The van der Waals surface area contributed by atoms with Crippen LogP contribution in [-0.2, 0) is 43.8 Å². The number of benzene rings is 4. The molecule has 2 bridgehead atoms. The van der Waals surface area contributed by atoms with Gasteiger partial charge < -0.3 is 28.4 Å². The Morgan fingerprint density at radius 3 is 1.25 bits per heavy atom. The topological polar surface area (TPSA) is 124 Å². The first kappa shape index (κ1) is 47.7. The van der Waals surface area contributed by atoms with Gasteiger partial charge in [-0.15, -0.1) is 0 Å². The molecule has 2 saturated carbocycles. The van der Waals surface area contributed by atoms with E-state index in [9.17, 15) is 19.2 Å². The van der Waals surface area contributed by atoms with E-state index in [1.807, 2.05) is 60.7 Å². The average molecular weight is 982 g/mol. The van der Waals surface area contributed by atoms with Gasteiger partial charge in [0.05, 0.1) is 57.6 Å². The summed E-state index contributed by atoms with van der Waals surface area (Å²) < 4.78 is 35.2. The van der Waals surface area contributed by atoms with E-state index in [0.717, 1.165) is 30.4 Å². The predicted octanol–water partition coefficient (Wildman–Crippen LogP) is 12.2. The molecule has 334 valence electrons. The standard InChI is InChI=1S/C25H19Cl3O5.C22H25Cl3O5/c1-24(23(30)33-22(29)21-19(27)12-18(26)13-20(21)28)14-31-25(32-15-24,16-8-4-2-5-9-16)17-10-6-3-7-11-17;1-19(2)12-5-6-21(19,4)22(9-12)28-10-20(3,11-29-22)18(27)30-17(26)16-14(24)7-13(23)8-15(16)25/h2-13H,14-15H2,1H3;7-8,12H,5-6,9-11H2,1-4H3. The van der Waals surface area contributed by atoms with Crippen LogP contribution in [0.1, 0.15) is 85.7 Å². The summed E-state index contributed by atoms with van der Waals surface area (Å²) in [7, 11) is 0. The lowest BCUT2D eigenvalue weighted by atomic mass is 9.68. The molecule has 63 heavy (non-hydrogen) atoms. The van der Waals surface area contributed by atoms with Crippen molar-refractivity contribution in [3.05, 3.63) is 137 Å². The van der Waals surface area contributed by atoms with Crippen molar-refractivity contribution < 1.29 is 47.6 Å². The van der Waals surface area contributed by atoms with Crippen molar-refractivity contribution in [2.45, 2.75) is 65.5 Å². The van der Waals surface area contributed by atoms with Crippen LogP contribution in [0.25, 0.3) is 0 Å². The number of rotatable bonds is 6. The molecule has 0 radical (unpaired) electrons. The van der Waals surface area contributed by atoms with Gasteiger partial charge in [-0.2, -0.15) is 0 Å². The number of hydrogen-bond acceptors (Lipinski definition) is 10. The van der Waals surface area contributed by atoms with Crippen molar-refractivity contribution in [3.8, 4) is 0 Å². The predicted molar refractivity (Wildman–Crippen MR) is 239 cm³/mol. The minimum Gasteiger partial charge on any atom is -0.389 e. The molecule has 4 fully saturated rings. The molecular formula is C47H44Cl6O10. The van der Waals surface area contributed by atoms with Gasteiger partial charge in [0, 0.05) is 33.0 Å². The molecule has 2 atom stereocenters. The maximum absolute atomic E-state index is 13.0.